The van der Waals surface area contributed by atoms with Crippen molar-refractivity contribution in [3.05, 3.63) is 65.5 Å². The number of benzene rings is 1. The van der Waals surface area contributed by atoms with Crippen molar-refractivity contribution in [2.24, 2.45) is 0 Å². The Labute approximate surface area is 92.7 Å². The van der Waals surface area contributed by atoms with E-state index in [0.717, 1.165) is 11.1 Å². The molecule has 0 radical (unpaired) electrons. The van der Waals surface area contributed by atoms with Gasteiger partial charge in [0.25, 0.3) is 0 Å². The number of aromatic nitrogens is 1. The van der Waals surface area contributed by atoms with Crippen LogP contribution in [0.2, 0.25) is 0 Å². The first kappa shape index (κ1) is 9.09. The molecule has 0 spiro atoms. The predicted molar refractivity (Wildman–Crippen MR) is 57.9 cm³/mol. The van der Waals surface area contributed by atoms with Crippen molar-refractivity contribution in [3.8, 4) is 0 Å². The number of fused-ring (bicyclic) bond motifs is 1. The summed E-state index contributed by atoms with van der Waals surface area (Å²) in [6, 6.07) is 11.2. The van der Waals surface area contributed by atoms with E-state index in [1.165, 1.54) is 0 Å². The van der Waals surface area contributed by atoms with E-state index in [2.05, 4.69) is 4.98 Å². The van der Waals surface area contributed by atoms with Crippen molar-refractivity contribution < 1.29 is 9.53 Å². The number of pyridine rings is 1. The third kappa shape index (κ3) is 1.29. The molecular weight excluding hydrogens is 202 g/mol. The van der Waals surface area contributed by atoms with E-state index in [4.69, 9.17) is 4.74 Å². The SMILES string of the molecule is O=C1OC(c2ccncc2)c2ccccc21. The molecule has 16 heavy (non-hydrogen) atoms. The molecule has 0 N–H and O–H groups in total. The molecule has 1 unspecified atom stereocenters. The van der Waals surface area contributed by atoms with Crippen molar-refractivity contribution in [2.75, 3.05) is 0 Å². The number of cyclic esters (lactones) is 1. The number of carbonyl (C=O) groups excluding carboxylic acids is 1. The molecule has 2 aromatic rings. The molecule has 1 atom stereocenters. The van der Waals surface area contributed by atoms with Gasteiger partial charge in [0.05, 0.1) is 5.56 Å². The van der Waals surface area contributed by atoms with Crippen LogP contribution in [0.5, 0.6) is 0 Å². The van der Waals surface area contributed by atoms with Gasteiger partial charge >= 0.3 is 5.97 Å². The summed E-state index contributed by atoms with van der Waals surface area (Å²) in [7, 11) is 0. The third-order valence-electron chi connectivity index (χ3n) is 2.70. The van der Waals surface area contributed by atoms with E-state index in [1.807, 2.05) is 30.3 Å². The van der Waals surface area contributed by atoms with Crippen LogP contribution in [0.15, 0.2) is 48.8 Å². The maximum Gasteiger partial charge on any atom is 0.339 e. The maximum absolute atomic E-state index is 11.6. The van der Waals surface area contributed by atoms with Gasteiger partial charge in [-0.05, 0) is 18.2 Å². The highest BCUT2D eigenvalue weighted by atomic mass is 16.5. The van der Waals surface area contributed by atoms with Gasteiger partial charge in [0.2, 0.25) is 0 Å². The largest absolute Gasteiger partial charge is 0.449 e. The Bertz CT molecular complexity index is 537. The van der Waals surface area contributed by atoms with E-state index >= 15 is 0 Å². The van der Waals surface area contributed by atoms with Crippen molar-refractivity contribution >= 4 is 5.97 Å². The molecule has 3 rings (SSSR count). The fraction of sp³-hybridized carbons (Fsp3) is 0.0769. The van der Waals surface area contributed by atoms with Crippen molar-refractivity contribution in [1.29, 1.82) is 0 Å². The van der Waals surface area contributed by atoms with Gasteiger partial charge in [-0.2, -0.15) is 0 Å². The van der Waals surface area contributed by atoms with E-state index < -0.39 is 0 Å². The third-order valence-corrected chi connectivity index (χ3v) is 2.70. The summed E-state index contributed by atoms with van der Waals surface area (Å²) >= 11 is 0. The van der Waals surface area contributed by atoms with Crippen LogP contribution in [0.3, 0.4) is 0 Å². The second kappa shape index (κ2) is 3.45. The Morgan fingerprint density at radius 1 is 1.06 bits per heavy atom. The van der Waals surface area contributed by atoms with Gasteiger partial charge in [-0.15, -0.1) is 0 Å². The van der Waals surface area contributed by atoms with Crippen LogP contribution in [-0.2, 0) is 4.74 Å². The average molecular weight is 211 g/mol. The predicted octanol–water partition coefficient (Wildman–Crippen LogP) is 2.34. The summed E-state index contributed by atoms with van der Waals surface area (Å²) in [5.41, 5.74) is 2.54. The van der Waals surface area contributed by atoms with Crippen LogP contribution < -0.4 is 0 Å². The van der Waals surface area contributed by atoms with Crippen LogP contribution >= 0.6 is 0 Å². The van der Waals surface area contributed by atoms with Gasteiger partial charge in [-0.25, -0.2) is 4.79 Å². The molecule has 0 saturated carbocycles. The molecule has 0 bridgehead atoms. The summed E-state index contributed by atoms with van der Waals surface area (Å²) in [5, 5.41) is 0. The van der Waals surface area contributed by atoms with E-state index in [0.29, 0.717) is 5.56 Å². The molecule has 1 aliphatic rings. The monoisotopic (exact) mass is 211 g/mol. The molecule has 1 aromatic heterocycles. The van der Waals surface area contributed by atoms with E-state index in [9.17, 15) is 4.79 Å². The Kier molecular flexibility index (Phi) is 1.96. The quantitative estimate of drug-likeness (QED) is 0.679. The minimum atomic E-state index is -0.285. The van der Waals surface area contributed by atoms with Crippen LogP contribution in [0.25, 0.3) is 0 Å². The highest BCUT2D eigenvalue weighted by Gasteiger charge is 2.31. The number of hydrogen-bond acceptors (Lipinski definition) is 3. The number of carbonyl (C=O) groups is 1. The Hall–Kier alpha value is -2.16. The fourth-order valence-electron chi connectivity index (χ4n) is 1.93. The first-order chi connectivity index (χ1) is 7.86. The molecule has 0 amide bonds. The van der Waals surface area contributed by atoms with Crippen molar-refractivity contribution in [2.45, 2.75) is 6.10 Å². The average Bonchev–Trinajstić information content (AvgIpc) is 2.69. The minimum absolute atomic E-state index is 0.252. The smallest absolute Gasteiger partial charge is 0.339 e. The first-order valence-corrected chi connectivity index (χ1v) is 5.06. The van der Waals surface area contributed by atoms with Gasteiger partial charge in [0, 0.05) is 23.5 Å². The van der Waals surface area contributed by atoms with Gasteiger partial charge in [-0.1, -0.05) is 18.2 Å². The van der Waals surface area contributed by atoms with Gasteiger partial charge in [0.1, 0.15) is 0 Å². The van der Waals surface area contributed by atoms with E-state index in [-0.39, 0.29) is 12.1 Å². The lowest BCUT2D eigenvalue weighted by Gasteiger charge is -2.09. The van der Waals surface area contributed by atoms with Gasteiger partial charge < -0.3 is 4.74 Å². The first-order valence-electron chi connectivity index (χ1n) is 5.06. The molecule has 3 heteroatoms. The number of esters is 1. The fourth-order valence-corrected chi connectivity index (χ4v) is 1.93. The molecular formula is C13H9NO2. The standard InChI is InChI=1S/C13H9NO2/c15-13-11-4-2-1-3-10(11)12(16-13)9-5-7-14-8-6-9/h1-8,12H. The summed E-state index contributed by atoms with van der Waals surface area (Å²) in [6.45, 7) is 0. The van der Waals surface area contributed by atoms with Crippen LogP contribution in [0.4, 0.5) is 0 Å². The maximum atomic E-state index is 11.6. The van der Waals surface area contributed by atoms with Gasteiger partial charge in [-0.3, -0.25) is 4.98 Å². The summed E-state index contributed by atoms with van der Waals surface area (Å²) in [5.74, 6) is -0.252. The molecule has 0 aliphatic carbocycles. The van der Waals surface area contributed by atoms with Crippen molar-refractivity contribution in [1.82, 2.24) is 4.98 Å². The zero-order valence-electron chi connectivity index (χ0n) is 8.46. The number of hydrogen-bond donors (Lipinski definition) is 0. The lowest BCUT2D eigenvalue weighted by atomic mass is 10.0. The molecule has 78 valence electrons. The molecule has 3 nitrogen and oxygen atoms in total. The minimum Gasteiger partial charge on any atom is -0.449 e. The molecule has 0 saturated heterocycles. The van der Waals surface area contributed by atoms with E-state index in [1.54, 1.807) is 18.5 Å². The number of ether oxygens (including phenoxy) is 1. The summed E-state index contributed by atoms with van der Waals surface area (Å²) < 4.78 is 5.35. The van der Waals surface area contributed by atoms with Gasteiger partial charge in [0.15, 0.2) is 6.10 Å². The van der Waals surface area contributed by atoms with Crippen LogP contribution in [-0.4, -0.2) is 11.0 Å². The zero-order valence-corrected chi connectivity index (χ0v) is 8.46. The Balaban J connectivity index is 2.11. The topological polar surface area (TPSA) is 39.2 Å². The number of nitrogens with zero attached hydrogens (tertiary/aromatic N) is 1. The lowest BCUT2D eigenvalue weighted by molar-refractivity contribution is 0.0455. The summed E-state index contributed by atoms with van der Waals surface area (Å²) in [4.78, 5) is 15.6. The lowest BCUT2D eigenvalue weighted by Crippen LogP contribution is -2.00. The number of rotatable bonds is 1. The second-order valence-corrected chi connectivity index (χ2v) is 3.65. The van der Waals surface area contributed by atoms with Crippen LogP contribution in [0.1, 0.15) is 27.6 Å². The molecule has 0 fully saturated rings. The summed E-state index contributed by atoms with van der Waals surface area (Å²) in [6.07, 6.45) is 3.11. The van der Waals surface area contributed by atoms with Crippen molar-refractivity contribution in [3.63, 3.8) is 0 Å². The molecule has 2 heterocycles. The zero-order chi connectivity index (χ0) is 11.0. The highest BCUT2D eigenvalue weighted by Crippen LogP contribution is 2.34. The highest BCUT2D eigenvalue weighted by molar-refractivity contribution is 5.94. The normalized spacial score (nSPS) is 18.0. The van der Waals surface area contributed by atoms with Crippen LogP contribution in [0, 0.1) is 0 Å². The Morgan fingerprint density at radius 2 is 1.81 bits per heavy atom. The molecule has 1 aliphatic heterocycles. The Morgan fingerprint density at radius 3 is 2.62 bits per heavy atom. The molecule has 1 aromatic carbocycles. The second-order valence-electron chi connectivity index (χ2n) is 3.65.